The zero-order chi connectivity index (χ0) is 16.9. The van der Waals surface area contributed by atoms with Gasteiger partial charge in [-0.1, -0.05) is 36.4 Å². The number of aliphatic carboxylic acids is 1. The van der Waals surface area contributed by atoms with Gasteiger partial charge in [0, 0.05) is 22.7 Å². The van der Waals surface area contributed by atoms with Crippen LogP contribution in [0.15, 0.2) is 54.7 Å². The maximum Gasteiger partial charge on any atom is 0.316 e. The van der Waals surface area contributed by atoms with Gasteiger partial charge in [-0.15, -0.1) is 0 Å². The van der Waals surface area contributed by atoms with Gasteiger partial charge in [0.05, 0.1) is 6.04 Å². The minimum atomic E-state index is -1.29. The van der Waals surface area contributed by atoms with Gasteiger partial charge in [0.15, 0.2) is 0 Å². The smallest absolute Gasteiger partial charge is 0.316 e. The summed E-state index contributed by atoms with van der Waals surface area (Å²) in [6.45, 7) is 1.66. The number of nitrogens with one attached hydrogen (secondary N) is 2. The molecule has 3 aromatic rings. The van der Waals surface area contributed by atoms with Crippen LogP contribution in [0.25, 0.3) is 10.9 Å². The Bertz CT molecular complexity index is 975. The number of carboxylic acid groups (broad SMARTS) is 1. The number of hydrogen-bond acceptors (Lipinski definition) is 2. The van der Waals surface area contributed by atoms with Gasteiger partial charge < -0.3 is 15.4 Å². The van der Waals surface area contributed by atoms with E-state index in [1.165, 1.54) is 0 Å². The third-order valence-corrected chi connectivity index (χ3v) is 4.96. The first-order valence-corrected chi connectivity index (χ1v) is 7.73. The average molecular weight is 320 g/mol. The average Bonchev–Trinajstić information content (AvgIpc) is 3.17. The minimum Gasteiger partial charge on any atom is -0.481 e. The van der Waals surface area contributed by atoms with E-state index in [1.54, 1.807) is 25.3 Å². The molecule has 24 heavy (non-hydrogen) atoms. The molecule has 1 unspecified atom stereocenters. The van der Waals surface area contributed by atoms with Gasteiger partial charge >= 0.3 is 5.97 Å². The summed E-state index contributed by atoms with van der Waals surface area (Å²) in [4.78, 5) is 27.7. The number of rotatable bonds is 3. The molecule has 5 nitrogen and oxygen atoms in total. The molecule has 0 aliphatic carbocycles. The zero-order valence-electron chi connectivity index (χ0n) is 13.0. The molecule has 0 bridgehead atoms. The lowest BCUT2D eigenvalue weighted by atomic mass is 9.73. The van der Waals surface area contributed by atoms with E-state index in [0.29, 0.717) is 11.1 Å². The summed E-state index contributed by atoms with van der Waals surface area (Å²) < 4.78 is 0. The van der Waals surface area contributed by atoms with E-state index in [2.05, 4.69) is 10.3 Å². The number of hydrogen-bond donors (Lipinski definition) is 3. The maximum atomic E-state index is 12.3. The Labute approximate surface area is 138 Å². The lowest BCUT2D eigenvalue weighted by molar-refractivity contribution is -0.144. The monoisotopic (exact) mass is 320 g/mol. The van der Waals surface area contributed by atoms with Gasteiger partial charge in [0.2, 0.25) is 0 Å². The van der Waals surface area contributed by atoms with Crippen LogP contribution in [-0.4, -0.2) is 22.0 Å². The predicted octanol–water partition coefficient (Wildman–Crippen LogP) is 2.99. The van der Waals surface area contributed by atoms with Crippen LogP contribution >= 0.6 is 0 Å². The SMILES string of the molecule is CC(C(=O)O)(c1c[nH]c2ccccc12)[C@H]1NC(=O)c2ccccc21. The number of aromatic nitrogens is 1. The van der Waals surface area contributed by atoms with Crippen molar-refractivity contribution in [1.29, 1.82) is 0 Å². The summed E-state index contributed by atoms with van der Waals surface area (Å²) in [7, 11) is 0. The normalized spacial score (nSPS) is 18.9. The highest BCUT2D eigenvalue weighted by atomic mass is 16.4. The Kier molecular flexibility index (Phi) is 3.00. The number of amides is 1. The lowest BCUT2D eigenvalue weighted by Crippen LogP contribution is -2.44. The molecule has 120 valence electrons. The number of carboxylic acids is 1. The van der Waals surface area contributed by atoms with Crippen molar-refractivity contribution >= 4 is 22.8 Å². The second-order valence-electron chi connectivity index (χ2n) is 6.25. The van der Waals surface area contributed by atoms with Gasteiger partial charge in [-0.2, -0.15) is 0 Å². The maximum absolute atomic E-state index is 12.3. The molecule has 2 atom stereocenters. The fourth-order valence-electron chi connectivity index (χ4n) is 3.59. The molecule has 2 heterocycles. The van der Waals surface area contributed by atoms with Crippen LogP contribution in [0, 0.1) is 0 Å². The molecule has 1 aromatic heterocycles. The molecule has 0 saturated heterocycles. The van der Waals surface area contributed by atoms with Crippen molar-refractivity contribution in [3.63, 3.8) is 0 Å². The van der Waals surface area contributed by atoms with E-state index < -0.39 is 17.4 Å². The van der Waals surface area contributed by atoms with E-state index in [-0.39, 0.29) is 5.91 Å². The predicted molar refractivity (Wildman–Crippen MR) is 89.9 cm³/mol. The highest BCUT2D eigenvalue weighted by Crippen LogP contribution is 2.44. The number of para-hydroxylation sites is 1. The zero-order valence-corrected chi connectivity index (χ0v) is 13.0. The Morgan fingerprint density at radius 1 is 1.12 bits per heavy atom. The molecule has 0 fully saturated rings. The molecule has 1 amide bonds. The lowest BCUT2D eigenvalue weighted by Gasteiger charge is -2.31. The first kappa shape index (κ1) is 14.5. The van der Waals surface area contributed by atoms with Crippen LogP contribution in [0.1, 0.15) is 34.5 Å². The van der Waals surface area contributed by atoms with Crippen molar-refractivity contribution in [3.8, 4) is 0 Å². The van der Waals surface area contributed by atoms with Gasteiger partial charge in [0.1, 0.15) is 5.41 Å². The van der Waals surface area contributed by atoms with Crippen molar-refractivity contribution in [3.05, 3.63) is 71.4 Å². The fourth-order valence-corrected chi connectivity index (χ4v) is 3.59. The van der Waals surface area contributed by atoms with Crippen LogP contribution in [0.4, 0.5) is 0 Å². The molecule has 0 spiro atoms. The van der Waals surface area contributed by atoms with E-state index >= 15 is 0 Å². The van der Waals surface area contributed by atoms with E-state index in [9.17, 15) is 14.7 Å². The van der Waals surface area contributed by atoms with E-state index in [0.717, 1.165) is 16.5 Å². The summed E-state index contributed by atoms with van der Waals surface area (Å²) in [6, 6.07) is 14.1. The molecule has 1 aliphatic rings. The van der Waals surface area contributed by atoms with Crippen molar-refractivity contribution in [1.82, 2.24) is 10.3 Å². The number of carbonyl (C=O) groups is 2. The van der Waals surface area contributed by atoms with Crippen LogP contribution in [-0.2, 0) is 10.2 Å². The standard InChI is InChI=1S/C19H16N2O3/c1-19(18(23)24,14-10-20-15-9-5-4-8-13(14)15)16-11-6-2-3-7-12(11)17(22)21-16/h2-10,16,20H,1H3,(H,21,22)(H,23,24)/t16-,19?/m0/s1. The first-order chi connectivity index (χ1) is 11.5. The Hall–Kier alpha value is -3.08. The minimum absolute atomic E-state index is 0.233. The van der Waals surface area contributed by atoms with Crippen molar-refractivity contribution in [2.45, 2.75) is 18.4 Å². The van der Waals surface area contributed by atoms with Gasteiger partial charge in [-0.3, -0.25) is 9.59 Å². The molecule has 3 N–H and O–H groups in total. The second kappa shape index (κ2) is 4.96. The van der Waals surface area contributed by atoms with Crippen LogP contribution in [0.3, 0.4) is 0 Å². The van der Waals surface area contributed by atoms with Crippen molar-refractivity contribution in [2.24, 2.45) is 0 Å². The van der Waals surface area contributed by atoms with Crippen LogP contribution in [0.2, 0.25) is 0 Å². The molecule has 4 rings (SSSR count). The number of H-pyrrole nitrogens is 1. The molecule has 1 aliphatic heterocycles. The Balaban J connectivity index is 1.95. The largest absolute Gasteiger partial charge is 0.481 e. The molecule has 0 radical (unpaired) electrons. The third-order valence-electron chi connectivity index (χ3n) is 4.96. The van der Waals surface area contributed by atoms with Crippen LogP contribution in [0.5, 0.6) is 0 Å². The topological polar surface area (TPSA) is 82.2 Å². The molecular weight excluding hydrogens is 304 g/mol. The first-order valence-electron chi connectivity index (χ1n) is 7.73. The summed E-state index contributed by atoms with van der Waals surface area (Å²) in [5.74, 6) is -1.21. The summed E-state index contributed by atoms with van der Waals surface area (Å²) in [5.41, 5.74) is 1.50. The fraction of sp³-hybridized carbons (Fsp3) is 0.158. The summed E-state index contributed by atoms with van der Waals surface area (Å²) in [6.07, 6.45) is 1.73. The van der Waals surface area contributed by atoms with Gasteiger partial charge in [-0.05, 0) is 30.2 Å². The summed E-state index contributed by atoms with van der Waals surface area (Å²) >= 11 is 0. The molecule has 2 aromatic carbocycles. The van der Waals surface area contributed by atoms with Gasteiger partial charge in [-0.25, -0.2) is 0 Å². The van der Waals surface area contributed by atoms with E-state index in [1.807, 2.05) is 36.4 Å². The van der Waals surface area contributed by atoms with Crippen molar-refractivity contribution in [2.75, 3.05) is 0 Å². The van der Waals surface area contributed by atoms with Crippen molar-refractivity contribution < 1.29 is 14.7 Å². The molecular formula is C19H16N2O3. The number of fused-ring (bicyclic) bond motifs is 2. The highest BCUT2D eigenvalue weighted by Gasteiger charge is 2.49. The molecule has 0 saturated carbocycles. The third kappa shape index (κ3) is 1.81. The Morgan fingerprint density at radius 3 is 2.62 bits per heavy atom. The number of carbonyl (C=O) groups excluding carboxylic acids is 1. The number of benzene rings is 2. The second-order valence-corrected chi connectivity index (χ2v) is 6.25. The quantitative estimate of drug-likeness (QED) is 0.694. The number of aromatic amines is 1. The molecule has 5 heteroatoms. The van der Waals surface area contributed by atoms with E-state index in [4.69, 9.17) is 0 Å². The highest BCUT2D eigenvalue weighted by molar-refractivity contribution is 6.01. The van der Waals surface area contributed by atoms with Crippen LogP contribution < -0.4 is 5.32 Å². The van der Waals surface area contributed by atoms with Gasteiger partial charge in [0.25, 0.3) is 5.91 Å². The Morgan fingerprint density at radius 2 is 1.83 bits per heavy atom. The summed E-state index contributed by atoms with van der Waals surface area (Å²) in [5, 5.41) is 13.8.